The maximum Gasteiger partial charge on any atom is 0.433 e. The summed E-state index contributed by atoms with van der Waals surface area (Å²) in [5.41, 5.74) is 4.12. The number of amides is 1. The Kier molecular flexibility index (Phi) is 6.39. The van der Waals surface area contributed by atoms with E-state index >= 15 is 0 Å². The Morgan fingerprint density at radius 2 is 1.80 bits per heavy atom. The zero-order valence-corrected chi connectivity index (χ0v) is 18.0. The minimum absolute atomic E-state index is 0.0321. The Morgan fingerprint density at radius 1 is 1.09 bits per heavy atom. The molecule has 0 saturated heterocycles. The first-order valence-electron chi connectivity index (χ1n) is 10.1. The molecule has 0 bridgehead atoms. The van der Waals surface area contributed by atoms with Crippen LogP contribution in [-0.4, -0.2) is 23.0 Å². The summed E-state index contributed by atoms with van der Waals surface area (Å²) in [6.45, 7) is -0.701. The second-order valence-corrected chi connectivity index (χ2v) is 7.28. The predicted octanol–water partition coefficient (Wildman–Crippen LogP) is 4.58. The average molecular weight is 492 g/mol. The van der Waals surface area contributed by atoms with Crippen LogP contribution in [0.5, 0.6) is 5.75 Å². The van der Waals surface area contributed by atoms with Gasteiger partial charge in [-0.15, -0.1) is 0 Å². The molecule has 0 fully saturated rings. The summed E-state index contributed by atoms with van der Waals surface area (Å²) in [4.78, 5) is 20.5. The van der Waals surface area contributed by atoms with Gasteiger partial charge in [0.1, 0.15) is 28.6 Å². The molecule has 0 aliphatic rings. The van der Waals surface area contributed by atoms with Gasteiger partial charge in [-0.3, -0.25) is 4.79 Å². The van der Waals surface area contributed by atoms with E-state index < -0.39 is 36.0 Å². The van der Waals surface area contributed by atoms with Gasteiger partial charge in [0.2, 0.25) is 5.89 Å². The molecule has 2 aromatic heterocycles. The van der Waals surface area contributed by atoms with Crippen LogP contribution in [0.2, 0.25) is 0 Å². The van der Waals surface area contributed by atoms with Gasteiger partial charge < -0.3 is 20.2 Å². The molecule has 1 amide bonds. The number of nitrogens with zero attached hydrogens (tertiary/aromatic N) is 2. The number of nitrogens with one attached hydrogen (secondary N) is 1. The second-order valence-electron chi connectivity index (χ2n) is 7.28. The third-order valence-corrected chi connectivity index (χ3v) is 5.15. The molecule has 0 unspecified atom stereocenters. The maximum atomic E-state index is 13.9. The molecule has 7 nitrogen and oxygen atoms in total. The number of halogens is 5. The van der Waals surface area contributed by atoms with Crippen molar-refractivity contribution in [3.63, 3.8) is 0 Å². The number of benzene rings is 2. The number of pyridine rings is 1. The summed E-state index contributed by atoms with van der Waals surface area (Å²) < 4.78 is 78.0. The van der Waals surface area contributed by atoms with Crippen LogP contribution < -0.4 is 15.8 Å². The van der Waals surface area contributed by atoms with E-state index in [0.29, 0.717) is 0 Å². The number of hydrogen-bond donors (Lipinski definition) is 2. The van der Waals surface area contributed by atoms with Gasteiger partial charge in [-0.2, -0.15) is 13.2 Å². The Bertz CT molecular complexity index is 1400. The third-order valence-electron chi connectivity index (χ3n) is 5.15. The van der Waals surface area contributed by atoms with Crippen molar-refractivity contribution >= 4 is 16.8 Å². The normalized spacial score (nSPS) is 11.6. The van der Waals surface area contributed by atoms with Gasteiger partial charge in [-0.05, 0) is 36.4 Å². The molecule has 0 saturated carbocycles. The molecular formula is C23H17F5N4O3. The first-order valence-corrected chi connectivity index (χ1v) is 10.1. The van der Waals surface area contributed by atoms with E-state index in [9.17, 15) is 26.7 Å². The topological polar surface area (TPSA) is 103 Å². The lowest BCUT2D eigenvalue weighted by Gasteiger charge is -2.11. The number of hydrogen-bond acceptors (Lipinski definition) is 6. The summed E-state index contributed by atoms with van der Waals surface area (Å²) in [7, 11) is 1.29. The fourth-order valence-corrected chi connectivity index (χ4v) is 3.44. The number of carbonyl (C=O) groups excluding carboxylic acids is 1. The molecule has 35 heavy (non-hydrogen) atoms. The lowest BCUT2D eigenvalue weighted by Crippen LogP contribution is -2.25. The SMILES string of the molecule is COc1ccc(-c2nc(C(=O)NCc3c(F)cccc3F)c(CN)o2)c2ccc(C(F)(F)F)nc12. The van der Waals surface area contributed by atoms with Crippen molar-refractivity contribution in [2.45, 2.75) is 19.3 Å². The van der Waals surface area contributed by atoms with Crippen LogP contribution >= 0.6 is 0 Å². The number of ether oxygens (including phenoxy) is 1. The Labute approximate surface area is 194 Å². The van der Waals surface area contributed by atoms with Gasteiger partial charge >= 0.3 is 6.18 Å². The van der Waals surface area contributed by atoms with Gasteiger partial charge in [0.15, 0.2) is 11.5 Å². The lowest BCUT2D eigenvalue weighted by molar-refractivity contribution is -0.140. The molecular weight excluding hydrogens is 475 g/mol. The molecule has 0 radical (unpaired) electrons. The molecule has 4 rings (SSSR count). The molecule has 2 aromatic carbocycles. The molecule has 0 spiro atoms. The Morgan fingerprint density at radius 3 is 2.43 bits per heavy atom. The predicted molar refractivity (Wildman–Crippen MR) is 114 cm³/mol. The molecule has 0 aliphatic carbocycles. The fourth-order valence-electron chi connectivity index (χ4n) is 3.44. The van der Waals surface area contributed by atoms with E-state index in [1.165, 1.54) is 31.4 Å². The first-order chi connectivity index (χ1) is 16.6. The van der Waals surface area contributed by atoms with Crippen LogP contribution in [0.25, 0.3) is 22.4 Å². The highest BCUT2D eigenvalue weighted by molar-refractivity contribution is 5.98. The van der Waals surface area contributed by atoms with E-state index in [4.69, 9.17) is 14.9 Å². The molecule has 0 aliphatic heterocycles. The number of oxazole rings is 1. The van der Waals surface area contributed by atoms with Crippen molar-refractivity contribution < 1.29 is 35.9 Å². The maximum absolute atomic E-state index is 13.9. The van der Waals surface area contributed by atoms with Crippen molar-refractivity contribution in [1.29, 1.82) is 0 Å². The summed E-state index contributed by atoms with van der Waals surface area (Å²) >= 11 is 0. The zero-order valence-electron chi connectivity index (χ0n) is 18.0. The van der Waals surface area contributed by atoms with Crippen LogP contribution in [0.3, 0.4) is 0 Å². The largest absolute Gasteiger partial charge is 0.494 e. The van der Waals surface area contributed by atoms with Gasteiger partial charge in [-0.25, -0.2) is 18.7 Å². The van der Waals surface area contributed by atoms with Gasteiger partial charge in [0, 0.05) is 23.1 Å². The van der Waals surface area contributed by atoms with E-state index in [-0.39, 0.29) is 51.7 Å². The number of alkyl halides is 3. The molecule has 182 valence electrons. The van der Waals surface area contributed by atoms with Crippen LogP contribution in [0.1, 0.15) is 27.5 Å². The summed E-state index contributed by atoms with van der Waals surface area (Å²) in [5, 5.41) is 2.59. The van der Waals surface area contributed by atoms with Crippen molar-refractivity contribution in [3.8, 4) is 17.2 Å². The van der Waals surface area contributed by atoms with E-state index in [0.717, 1.165) is 18.2 Å². The fraction of sp³-hybridized carbons (Fsp3) is 0.174. The average Bonchev–Trinajstić information content (AvgIpc) is 3.26. The Balaban J connectivity index is 1.72. The number of methoxy groups -OCH3 is 1. The van der Waals surface area contributed by atoms with Crippen LogP contribution in [0, 0.1) is 11.6 Å². The molecule has 0 atom stereocenters. The summed E-state index contributed by atoms with van der Waals surface area (Å²) in [6.07, 6.45) is -4.67. The molecule has 2 heterocycles. The molecule has 4 aromatic rings. The highest BCUT2D eigenvalue weighted by atomic mass is 19.4. The number of nitrogens with two attached hydrogens (primary N) is 1. The minimum atomic E-state index is -4.67. The van der Waals surface area contributed by atoms with Crippen LogP contribution in [0.4, 0.5) is 22.0 Å². The number of rotatable bonds is 6. The zero-order chi connectivity index (χ0) is 25.3. The van der Waals surface area contributed by atoms with Gasteiger partial charge in [-0.1, -0.05) is 6.07 Å². The van der Waals surface area contributed by atoms with Crippen molar-refractivity contribution in [1.82, 2.24) is 15.3 Å². The summed E-state index contributed by atoms with van der Waals surface area (Å²) in [6, 6.07) is 8.16. The summed E-state index contributed by atoms with van der Waals surface area (Å²) in [5.74, 6) is -2.53. The quantitative estimate of drug-likeness (QED) is 0.382. The van der Waals surface area contributed by atoms with Crippen LogP contribution in [-0.2, 0) is 19.3 Å². The number of aromatic nitrogens is 2. The lowest BCUT2D eigenvalue weighted by atomic mass is 10.1. The molecule has 3 N–H and O–H groups in total. The van der Waals surface area contributed by atoms with Crippen molar-refractivity contribution in [3.05, 3.63) is 76.8 Å². The number of carbonyl (C=O) groups is 1. The van der Waals surface area contributed by atoms with E-state index in [1.807, 2.05) is 0 Å². The highest BCUT2D eigenvalue weighted by Gasteiger charge is 2.33. The Hall–Kier alpha value is -4.06. The highest BCUT2D eigenvalue weighted by Crippen LogP contribution is 2.36. The van der Waals surface area contributed by atoms with Gasteiger partial charge in [0.05, 0.1) is 13.7 Å². The van der Waals surface area contributed by atoms with Gasteiger partial charge in [0.25, 0.3) is 5.91 Å². The van der Waals surface area contributed by atoms with Crippen molar-refractivity contribution in [2.24, 2.45) is 5.73 Å². The van der Waals surface area contributed by atoms with Crippen LogP contribution in [0.15, 0.2) is 46.9 Å². The second kappa shape index (κ2) is 9.29. The number of fused-ring (bicyclic) bond motifs is 1. The first kappa shape index (κ1) is 24.1. The smallest absolute Gasteiger partial charge is 0.433 e. The minimum Gasteiger partial charge on any atom is -0.494 e. The monoisotopic (exact) mass is 492 g/mol. The standard InChI is InChI=1S/C23H17F5N4O3/c1-34-16-7-5-12(11-6-8-18(23(26,27)28)31-19(11)16)22-32-20(17(9-29)35-22)21(33)30-10-13-14(24)3-2-4-15(13)25/h2-8H,9-10,29H2,1H3,(H,30,33). The van der Waals surface area contributed by atoms with Crippen molar-refractivity contribution in [2.75, 3.05) is 7.11 Å². The van der Waals surface area contributed by atoms with E-state index in [2.05, 4.69) is 15.3 Å². The van der Waals surface area contributed by atoms with E-state index in [1.54, 1.807) is 0 Å². The third kappa shape index (κ3) is 4.64. The molecule has 12 heteroatoms.